The van der Waals surface area contributed by atoms with Gasteiger partial charge in [0, 0.05) is 43.2 Å². The molecule has 1 aliphatic heterocycles. The summed E-state index contributed by atoms with van der Waals surface area (Å²) in [6.07, 6.45) is 9.19. The Morgan fingerprint density at radius 2 is 2.00 bits per heavy atom. The van der Waals surface area contributed by atoms with E-state index < -0.39 is 0 Å². The van der Waals surface area contributed by atoms with E-state index in [-0.39, 0.29) is 18.2 Å². The highest BCUT2D eigenvalue weighted by Gasteiger charge is 2.26. The van der Waals surface area contributed by atoms with Crippen LogP contribution in [-0.4, -0.2) is 54.3 Å². The summed E-state index contributed by atoms with van der Waals surface area (Å²) in [5.74, 6) is 0.451. The van der Waals surface area contributed by atoms with Crippen LogP contribution in [0.2, 0.25) is 0 Å². The smallest absolute Gasteiger partial charge is 0.254 e. The lowest BCUT2D eigenvalue weighted by Gasteiger charge is -2.19. The molecule has 0 bridgehead atoms. The lowest BCUT2D eigenvalue weighted by Crippen LogP contribution is -2.21. The maximum absolute atomic E-state index is 12.1. The van der Waals surface area contributed by atoms with Crippen LogP contribution in [0.25, 0.3) is 17.4 Å². The van der Waals surface area contributed by atoms with Crippen molar-refractivity contribution in [3.63, 3.8) is 0 Å². The number of anilines is 2. The Balaban J connectivity index is 1.32. The van der Waals surface area contributed by atoms with Crippen molar-refractivity contribution in [2.45, 2.75) is 31.8 Å². The number of fused-ring (bicyclic) bond motifs is 1. The predicted octanol–water partition coefficient (Wildman–Crippen LogP) is 1.95. The van der Waals surface area contributed by atoms with Gasteiger partial charge >= 0.3 is 0 Å². The number of hydrogen-bond donors (Lipinski definition) is 2. The largest absolute Gasteiger partial charge is 0.351 e. The number of aromatic nitrogens is 6. The second-order valence-corrected chi connectivity index (χ2v) is 8.80. The average Bonchev–Trinajstić information content (AvgIpc) is 3.20. The Kier molecular flexibility index (Phi) is 5.02. The molecule has 0 radical (unpaired) electrons. The zero-order valence-corrected chi connectivity index (χ0v) is 19.0. The standard InChI is InChI=1S/C24H23N9O2/c1-31(14-15-3-7-19(8-4-15)32-10-2-9-25-32)23-29-21-17(11-16-12-20(34)28-22(16)35)13-26-33(21)24(30-23)27-18-5-6-18/h2-4,7-11,13,18H,5-6,12,14H2,1H3,(H,27,29,30)(H,28,34,35)/b16-11+. The van der Waals surface area contributed by atoms with Gasteiger partial charge in [-0.05, 0) is 42.7 Å². The van der Waals surface area contributed by atoms with Gasteiger partial charge in [-0.3, -0.25) is 14.9 Å². The predicted molar refractivity (Wildman–Crippen MR) is 129 cm³/mol. The first-order valence-electron chi connectivity index (χ1n) is 11.4. The van der Waals surface area contributed by atoms with Crippen molar-refractivity contribution in [2.75, 3.05) is 17.3 Å². The fourth-order valence-electron chi connectivity index (χ4n) is 3.99. The zero-order chi connectivity index (χ0) is 23.9. The van der Waals surface area contributed by atoms with Gasteiger partial charge in [0.25, 0.3) is 5.91 Å². The van der Waals surface area contributed by atoms with Crippen LogP contribution in [0, 0.1) is 0 Å². The van der Waals surface area contributed by atoms with Gasteiger partial charge in [0.05, 0.1) is 18.3 Å². The molecule has 11 nitrogen and oxygen atoms in total. The monoisotopic (exact) mass is 469 g/mol. The van der Waals surface area contributed by atoms with Crippen LogP contribution in [0.1, 0.15) is 30.4 Å². The second-order valence-electron chi connectivity index (χ2n) is 8.80. The fraction of sp³-hybridized carbons (Fsp3) is 0.250. The summed E-state index contributed by atoms with van der Waals surface area (Å²) in [7, 11) is 1.94. The number of carbonyl (C=O) groups is 2. The molecule has 2 amide bonds. The molecule has 1 aliphatic carbocycles. The van der Waals surface area contributed by atoms with Crippen LogP contribution in [0.3, 0.4) is 0 Å². The molecule has 0 atom stereocenters. The summed E-state index contributed by atoms with van der Waals surface area (Å²) in [6, 6.07) is 10.4. The maximum atomic E-state index is 12.1. The van der Waals surface area contributed by atoms with E-state index in [0.717, 1.165) is 24.1 Å². The van der Waals surface area contributed by atoms with Crippen LogP contribution >= 0.6 is 0 Å². The van der Waals surface area contributed by atoms with Crippen molar-refractivity contribution >= 4 is 35.4 Å². The Hall–Kier alpha value is -4.54. The number of carbonyl (C=O) groups excluding carboxylic acids is 2. The third-order valence-electron chi connectivity index (χ3n) is 5.99. The lowest BCUT2D eigenvalue weighted by atomic mass is 10.1. The zero-order valence-electron chi connectivity index (χ0n) is 19.0. The van der Waals surface area contributed by atoms with E-state index in [4.69, 9.17) is 9.97 Å². The topological polar surface area (TPSA) is 122 Å². The molecular formula is C24H23N9O2. The molecule has 4 heterocycles. The first kappa shape index (κ1) is 21.0. The highest BCUT2D eigenvalue weighted by Crippen LogP contribution is 2.27. The van der Waals surface area contributed by atoms with Crippen molar-refractivity contribution in [3.05, 3.63) is 65.6 Å². The number of imide groups is 1. The number of benzene rings is 1. The van der Waals surface area contributed by atoms with Gasteiger partial charge in [0.1, 0.15) is 0 Å². The Morgan fingerprint density at radius 3 is 2.69 bits per heavy atom. The fourth-order valence-corrected chi connectivity index (χ4v) is 3.99. The average molecular weight is 470 g/mol. The Morgan fingerprint density at radius 1 is 1.17 bits per heavy atom. The summed E-state index contributed by atoms with van der Waals surface area (Å²) in [6.45, 7) is 0.597. The first-order chi connectivity index (χ1) is 17.0. The van der Waals surface area contributed by atoms with Gasteiger partial charge in [0.2, 0.25) is 17.8 Å². The van der Waals surface area contributed by atoms with Crippen molar-refractivity contribution in [1.82, 2.24) is 34.7 Å². The summed E-state index contributed by atoms with van der Waals surface area (Å²) in [4.78, 5) is 35.1. The van der Waals surface area contributed by atoms with Crippen LogP contribution in [-0.2, 0) is 16.1 Å². The molecule has 35 heavy (non-hydrogen) atoms. The third kappa shape index (κ3) is 4.23. The Bertz CT molecular complexity index is 1450. The minimum Gasteiger partial charge on any atom is -0.351 e. The molecule has 4 aromatic rings. The lowest BCUT2D eigenvalue weighted by molar-refractivity contribution is -0.124. The normalized spacial score (nSPS) is 16.8. The highest BCUT2D eigenvalue weighted by molar-refractivity contribution is 6.15. The summed E-state index contributed by atoms with van der Waals surface area (Å²) < 4.78 is 3.46. The van der Waals surface area contributed by atoms with E-state index in [1.54, 1.807) is 23.0 Å². The molecule has 6 rings (SSSR count). The van der Waals surface area contributed by atoms with Crippen LogP contribution in [0.5, 0.6) is 0 Å². The molecule has 2 N–H and O–H groups in total. The van der Waals surface area contributed by atoms with Gasteiger partial charge in [-0.2, -0.15) is 24.7 Å². The SMILES string of the molecule is CN(Cc1ccc(-n2cccn2)cc1)c1nc(NC2CC2)n2ncc(/C=C3\CC(=O)NC3=O)c2n1. The molecule has 1 aromatic carbocycles. The third-order valence-corrected chi connectivity index (χ3v) is 5.99. The molecule has 176 valence electrons. The molecule has 1 saturated heterocycles. The van der Waals surface area contributed by atoms with E-state index in [1.165, 1.54) is 0 Å². The highest BCUT2D eigenvalue weighted by atomic mass is 16.2. The van der Waals surface area contributed by atoms with Gasteiger partial charge in [-0.25, -0.2) is 4.68 Å². The van der Waals surface area contributed by atoms with Gasteiger partial charge in [-0.15, -0.1) is 0 Å². The van der Waals surface area contributed by atoms with Crippen LogP contribution < -0.4 is 15.5 Å². The maximum Gasteiger partial charge on any atom is 0.254 e. The number of hydrogen-bond acceptors (Lipinski definition) is 8. The minimum atomic E-state index is -0.379. The van der Waals surface area contributed by atoms with Gasteiger partial charge < -0.3 is 10.2 Å². The molecule has 0 unspecified atom stereocenters. The molecule has 1 saturated carbocycles. The molecule has 3 aromatic heterocycles. The Labute approximate surface area is 200 Å². The summed E-state index contributed by atoms with van der Waals surface area (Å²) in [5.41, 5.74) is 3.71. The molecule has 2 aliphatic rings. The minimum absolute atomic E-state index is 0.0513. The van der Waals surface area contributed by atoms with E-state index in [2.05, 4.69) is 33.0 Å². The summed E-state index contributed by atoms with van der Waals surface area (Å²) >= 11 is 0. The van der Waals surface area contributed by atoms with E-state index >= 15 is 0 Å². The molecule has 11 heteroatoms. The van der Waals surface area contributed by atoms with Gasteiger partial charge in [0.15, 0.2) is 5.65 Å². The van der Waals surface area contributed by atoms with Crippen molar-refractivity contribution in [3.8, 4) is 5.69 Å². The van der Waals surface area contributed by atoms with Crippen molar-refractivity contribution in [2.24, 2.45) is 0 Å². The summed E-state index contributed by atoms with van der Waals surface area (Å²) in [5, 5.41) is 14.4. The molecular weight excluding hydrogens is 446 g/mol. The van der Waals surface area contributed by atoms with E-state index in [9.17, 15) is 9.59 Å². The number of nitrogens with zero attached hydrogens (tertiary/aromatic N) is 7. The van der Waals surface area contributed by atoms with Crippen molar-refractivity contribution < 1.29 is 9.59 Å². The quantitative estimate of drug-likeness (QED) is 0.311. The van der Waals surface area contributed by atoms with Crippen LogP contribution in [0.4, 0.5) is 11.9 Å². The van der Waals surface area contributed by atoms with Gasteiger partial charge in [-0.1, -0.05) is 12.1 Å². The first-order valence-corrected chi connectivity index (χ1v) is 11.4. The number of rotatable bonds is 7. The second kappa shape index (κ2) is 8.35. The number of nitrogens with one attached hydrogen (secondary N) is 2. The van der Waals surface area contributed by atoms with Crippen molar-refractivity contribution in [1.29, 1.82) is 0 Å². The van der Waals surface area contributed by atoms with E-state index in [1.807, 2.05) is 41.0 Å². The number of amides is 2. The molecule has 0 spiro atoms. The van der Waals surface area contributed by atoms with Crippen LogP contribution in [0.15, 0.2) is 54.5 Å². The van der Waals surface area contributed by atoms with E-state index in [0.29, 0.717) is 41.3 Å². The molecule has 2 fully saturated rings.